The summed E-state index contributed by atoms with van der Waals surface area (Å²) in [6, 6.07) is 18.8. The number of nitriles is 1. The van der Waals surface area contributed by atoms with E-state index in [1.54, 1.807) is 22.3 Å². The van der Waals surface area contributed by atoms with Crippen molar-refractivity contribution in [2.75, 3.05) is 10.2 Å². The summed E-state index contributed by atoms with van der Waals surface area (Å²) >= 11 is 1.61. The Morgan fingerprint density at radius 3 is 2.71 bits per heavy atom. The number of anilines is 2. The van der Waals surface area contributed by atoms with Crippen LogP contribution in [0.25, 0.3) is 0 Å². The molecule has 6 heteroatoms. The van der Waals surface area contributed by atoms with E-state index < -0.39 is 0 Å². The highest BCUT2D eigenvalue weighted by molar-refractivity contribution is 7.16. The zero-order valence-electron chi connectivity index (χ0n) is 17.7. The lowest BCUT2D eigenvalue weighted by atomic mass is 10.1. The average Bonchev–Trinajstić information content (AvgIpc) is 3.42. The fraction of sp³-hybridized carbons (Fsp3) is 0.320. The van der Waals surface area contributed by atoms with Crippen LogP contribution in [0.3, 0.4) is 0 Å². The first-order chi connectivity index (χ1) is 15.1. The summed E-state index contributed by atoms with van der Waals surface area (Å²) in [5.41, 5.74) is 3.12. The van der Waals surface area contributed by atoms with Crippen molar-refractivity contribution in [2.45, 2.75) is 45.6 Å². The van der Waals surface area contributed by atoms with Gasteiger partial charge in [-0.25, -0.2) is 9.78 Å². The molecule has 0 radical (unpaired) electrons. The molecule has 4 rings (SSSR count). The number of benzene rings is 2. The first-order valence-electron chi connectivity index (χ1n) is 10.7. The summed E-state index contributed by atoms with van der Waals surface area (Å²) in [6.07, 6.45) is 6.15. The highest BCUT2D eigenvalue weighted by atomic mass is 32.1. The van der Waals surface area contributed by atoms with Crippen LogP contribution in [0.4, 0.5) is 15.5 Å². The Labute approximate surface area is 187 Å². The van der Waals surface area contributed by atoms with Gasteiger partial charge < -0.3 is 5.32 Å². The fourth-order valence-corrected chi connectivity index (χ4v) is 5.29. The summed E-state index contributed by atoms with van der Waals surface area (Å²) in [5.74, 6) is 0.706. The number of carbonyl (C=O) groups excluding carboxylic acids is 1. The van der Waals surface area contributed by atoms with E-state index in [1.165, 1.54) is 25.7 Å². The van der Waals surface area contributed by atoms with Crippen molar-refractivity contribution in [3.05, 3.63) is 76.4 Å². The maximum atomic E-state index is 13.3. The average molecular weight is 431 g/mol. The number of carbonyl (C=O) groups is 1. The highest BCUT2D eigenvalue weighted by Crippen LogP contribution is 2.34. The molecule has 0 saturated heterocycles. The third kappa shape index (κ3) is 5.31. The molecule has 1 aliphatic rings. The summed E-state index contributed by atoms with van der Waals surface area (Å²) in [4.78, 5) is 19.9. The molecule has 1 fully saturated rings. The van der Waals surface area contributed by atoms with E-state index >= 15 is 0 Å². The predicted octanol–water partition coefficient (Wildman–Crippen LogP) is 6.29. The van der Waals surface area contributed by atoms with Gasteiger partial charge in [-0.05, 0) is 42.7 Å². The second-order valence-corrected chi connectivity index (χ2v) is 9.11. The van der Waals surface area contributed by atoms with Gasteiger partial charge in [-0.2, -0.15) is 5.26 Å². The standard InChI is InChI=1S/C25H26N4OS/c1-18-24(31-23(27-18)15-19-8-5-6-9-19)29(17-21-11-7-10-20(14-21)16-26)25(30)28-22-12-3-2-4-13-22/h2-4,7,10-14,19H,5-6,8-9,15,17H2,1H3,(H,28,30). The van der Waals surface area contributed by atoms with Crippen LogP contribution in [-0.2, 0) is 13.0 Å². The van der Waals surface area contributed by atoms with Crippen LogP contribution < -0.4 is 10.2 Å². The van der Waals surface area contributed by atoms with E-state index in [4.69, 9.17) is 4.98 Å². The Balaban J connectivity index is 1.61. The van der Waals surface area contributed by atoms with Crippen molar-refractivity contribution < 1.29 is 4.79 Å². The van der Waals surface area contributed by atoms with Crippen LogP contribution in [0.5, 0.6) is 0 Å². The maximum absolute atomic E-state index is 13.3. The number of amides is 2. The maximum Gasteiger partial charge on any atom is 0.327 e. The second-order valence-electron chi connectivity index (χ2n) is 8.05. The largest absolute Gasteiger partial charge is 0.327 e. The van der Waals surface area contributed by atoms with Crippen molar-refractivity contribution in [1.82, 2.24) is 4.98 Å². The number of hydrogen-bond acceptors (Lipinski definition) is 4. The molecule has 1 heterocycles. The molecule has 1 N–H and O–H groups in total. The number of nitrogens with zero attached hydrogens (tertiary/aromatic N) is 3. The van der Waals surface area contributed by atoms with Gasteiger partial charge in [-0.15, -0.1) is 11.3 Å². The van der Waals surface area contributed by atoms with Crippen molar-refractivity contribution in [2.24, 2.45) is 5.92 Å². The van der Waals surface area contributed by atoms with Gasteiger partial charge >= 0.3 is 6.03 Å². The zero-order valence-corrected chi connectivity index (χ0v) is 18.5. The lowest BCUT2D eigenvalue weighted by Gasteiger charge is -2.22. The molecule has 1 aliphatic carbocycles. The van der Waals surface area contributed by atoms with Crippen LogP contribution >= 0.6 is 11.3 Å². The van der Waals surface area contributed by atoms with Crippen LogP contribution in [-0.4, -0.2) is 11.0 Å². The minimum Gasteiger partial charge on any atom is -0.308 e. The number of aromatic nitrogens is 1. The molecule has 0 spiro atoms. The number of hydrogen-bond donors (Lipinski definition) is 1. The molecule has 158 valence electrons. The Hall–Kier alpha value is -3.17. The van der Waals surface area contributed by atoms with Crippen molar-refractivity contribution in [3.8, 4) is 6.07 Å². The molecule has 0 unspecified atom stereocenters. The third-order valence-electron chi connectivity index (χ3n) is 5.67. The molecule has 1 aromatic heterocycles. The minimum absolute atomic E-state index is 0.201. The van der Waals surface area contributed by atoms with Crippen LogP contribution in [0.1, 0.15) is 47.5 Å². The third-order valence-corrected chi connectivity index (χ3v) is 6.87. The first kappa shape index (κ1) is 21.1. The Morgan fingerprint density at radius 2 is 1.97 bits per heavy atom. The van der Waals surface area contributed by atoms with Crippen LogP contribution in [0.2, 0.25) is 0 Å². The van der Waals surface area contributed by atoms with Crippen molar-refractivity contribution >= 4 is 28.1 Å². The van der Waals surface area contributed by atoms with E-state index in [0.717, 1.165) is 33.4 Å². The predicted molar refractivity (Wildman–Crippen MR) is 125 cm³/mol. The molecule has 31 heavy (non-hydrogen) atoms. The number of aryl methyl sites for hydroxylation is 1. The summed E-state index contributed by atoms with van der Waals surface area (Å²) in [7, 11) is 0. The fourth-order valence-electron chi connectivity index (χ4n) is 4.11. The SMILES string of the molecule is Cc1nc(CC2CCCC2)sc1N(Cc1cccc(C#N)c1)C(=O)Nc1ccccc1. The van der Waals surface area contributed by atoms with E-state index in [1.807, 2.05) is 55.5 Å². The zero-order chi connectivity index (χ0) is 21.6. The summed E-state index contributed by atoms with van der Waals surface area (Å²) in [5, 5.41) is 14.2. The molecule has 0 aliphatic heterocycles. The van der Waals surface area contributed by atoms with Crippen molar-refractivity contribution in [1.29, 1.82) is 5.26 Å². The highest BCUT2D eigenvalue weighted by Gasteiger charge is 2.24. The molecule has 0 atom stereocenters. The molecule has 5 nitrogen and oxygen atoms in total. The summed E-state index contributed by atoms with van der Waals surface area (Å²) in [6.45, 7) is 2.35. The van der Waals surface area contributed by atoms with Gasteiger partial charge in [0.25, 0.3) is 0 Å². The molecule has 2 aromatic carbocycles. The minimum atomic E-state index is -0.201. The first-order valence-corrected chi connectivity index (χ1v) is 11.5. The number of rotatable bonds is 6. The quantitative estimate of drug-likeness (QED) is 0.499. The summed E-state index contributed by atoms with van der Waals surface area (Å²) < 4.78 is 0. The van der Waals surface area contributed by atoms with Gasteiger partial charge in [0.1, 0.15) is 5.00 Å². The molecular formula is C25H26N4OS. The number of nitrogens with one attached hydrogen (secondary N) is 1. The number of urea groups is 1. The lowest BCUT2D eigenvalue weighted by molar-refractivity contribution is 0.256. The normalized spacial score (nSPS) is 13.7. The van der Waals surface area contributed by atoms with E-state index in [-0.39, 0.29) is 6.03 Å². The second kappa shape index (κ2) is 9.76. The topological polar surface area (TPSA) is 69.0 Å². The van der Waals surface area contributed by atoms with Gasteiger partial charge in [0.2, 0.25) is 0 Å². The van der Waals surface area contributed by atoms with Crippen LogP contribution in [0.15, 0.2) is 54.6 Å². The Bertz CT molecular complexity index is 1080. The van der Waals surface area contributed by atoms with E-state index in [2.05, 4.69) is 11.4 Å². The number of para-hydroxylation sites is 1. The van der Waals surface area contributed by atoms with E-state index in [0.29, 0.717) is 18.0 Å². The van der Waals surface area contributed by atoms with Gasteiger partial charge in [0.15, 0.2) is 0 Å². The lowest BCUT2D eigenvalue weighted by Crippen LogP contribution is -2.34. The number of thiazole rings is 1. The molecule has 3 aromatic rings. The Kier molecular flexibility index (Phi) is 6.63. The molecule has 0 bridgehead atoms. The Morgan fingerprint density at radius 1 is 1.19 bits per heavy atom. The van der Waals surface area contributed by atoms with Gasteiger partial charge in [-0.3, -0.25) is 4.90 Å². The van der Waals surface area contributed by atoms with Gasteiger partial charge in [0.05, 0.1) is 28.9 Å². The smallest absolute Gasteiger partial charge is 0.308 e. The van der Waals surface area contributed by atoms with E-state index in [9.17, 15) is 10.1 Å². The molecular weight excluding hydrogens is 404 g/mol. The van der Waals surface area contributed by atoms with Gasteiger partial charge in [0, 0.05) is 12.1 Å². The van der Waals surface area contributed by atoms with Crippen LogP contribution in [0, 0.1) is 24.2 Å². The van der Waals surface area contributed by atoms with Gasteiger partial charge in [-0.1, -0.05) is 56.0 Å². The molecule has 2 amide bonds. The van der Waals surface area contributed by atoms with Crippen molar-refractivity contribution in [3.63, 3.8) is 0 Å². The molecule has 1 saturated carbocycles. The monoisotopic (exact) mass is 430 g/mol.